The predicted octanol–water partition coefficient (Wildman–Crippen LogP) is 4.41. The molecule has 0 fully saturated rings. The van der Waals surface area contributed by atoms with Crippen LogP contribution < -0.4 is 20.1 Å². The molecule has 1 atom stereocenters. The number of esters is 1. The van der Waals surface area contributed by atoms with Crippen LogP contribution in [0.3, 0.4) is 0 Å². The zero-order valence-electron chi connectivity index (χ0n) is 19.1. The van der Waals surface area contributed by atoms with Crippen molar-refractivity contribution in [2.24, 2.45) is 0 Å². The van der Waals surface area contributed by atoms with Crippen molar-refractivity contribution in [1.82, 2.24) is 10.2 Å². The molecule has 0 radical (unpaired) electrons. The predicted molar refractivity (Wildman–Crippen MR) is 132 cm³/mol. The first-order valence-electron chi connectivity index (χ1n) is 11.1. The Hall–Kier alpha value is -3.57. The van der Waals surface area contributed by atoms with Gasteiger partial charge in [0.25, 0.3) is 5.91 Å². The maximum absolute atomic E-state index is 13.1. The molecule has 3 aromatic rings. The number of methoxy groups -OCH3 is 1. The van der Waals surface area contributed by atoms with Crippen LogP contribution in [-0.2, 0) is 17.7 Å². The average Bonchev–Trinajstić information content (AvgIpc) is 3.52. The smallest absolute Gasteiger partial charge is 0.410 e. The highest BCUT2D eigenvalue weighted by Gasteiger charge is 2.34. The minimum atomic E-state index is -0.493. The van der Waals surface area contributed by atoms with E-state index in [9.17, 15) is 14.4 Å². The number of nitrogens with one attached hydrogen (secondary N) is 2. The fourth-order valence-corrected chi connectivity index (χ4v) is 6.03. The lowest BCUT2D eigenvalue weighted by Gasteiger charge is -2.28. The highest BCUT2D eigenvalue weighted by atomic mass is 32.1. The molecule has 5 rings (SSSR count). The molecule has 11 heteroatoms. The van der Waals surface area contributed by atoms with Crippen LogP contribution in [0.15, 0.2) is 35.7 Å². The minimum absolute atomic E-state index is 0.169. The molecule has 0 spiro atoms. The second-order valence-corrected chi connectivity index (χ2v) is 9.96. The van der Waals surface area contributed by atoms with Gasteiger partial charge in [0.1, 0.15) is 16.0 Å². The van der Waals surface area contributed by atoms with Gasteiger partial charge in [-0.2, -0.15) is 0 Å². The van der Waals surface area contributed by atoms with Gasteiger partial charge in [-0.15, -0.1) is 22.7 Å². The molecule has 2 aliphatic heterocycles. The van der Waals surface area contributed by atoms with E-state index in [0.717, 1.165) is 21.0 Å². The summed E-state index contributed by atoms with van der Waals surface area (Å²) in [6.45, 7) is 3.03. The fourth-order valence-electron chi connectivity index (χ4n) is 4.15. The summed E-state index contributed by atoms with van der Waals surface area (Å²) >= 11 is 2.78. The summed E-state index contributed by atoms with van der Waals surface area (Å²) in [5.74, 6) is 0.0479. The van der Waals surface area contributed by atoms with Crippen LogP contribution in [0.4, 0.5) is 9.80 Å². The number of rotatable bonds is 5. The molecule has 2 aliphatic rings. The van der Waals surface area contributed by atoms with E-state index >= 15 is 0 Å². The summed E-state index contributed by atoms with van der Waals surface area (Å²) in [7, 11) is 1.50. The summed E-state index contributed by atoms with van der Waals surface area (Å²) in [4.78, 5) is 40.7. The number of ether oxygens (including phenoxy) is 3. The number of fused-ring (bicyclic) bond motifs is 3. The van der Waals surface area contributed by atoms with Gasteiger partial charge in [0.2, 0.25) is 0 Å². The van der Waals surface area contributed by atoms with Gasteiger partial charge in [-0.05, 0) is 48.1 Å². The molecule has 1 aromatic carbocycles. The van der Waals surface area contributed by atoms with E-state index in [2.05, 4.69) is 10.6 Å². The highest BCUT2D eigenvalue weighted by Crippen LogP contribution is 2.41. The normalized spacial score (nSPS) is 16.5. The van der Waals surface area contributed by atoms with Crippen molar-refractivity contribution in [3.63, 3.8) is 0 Å². The van der Waals surface area contributed by atoms with Crippen molar-refractivity contribution in [2.75, 3.05) is 25.6 Å². The van der Waals surface area contributed by atoms with Gasteiger partial charge < -0.3 is 29.7 Å². The first-order valence-corrected chi connectivity index (χ1v) is 12.7. The fraction of sp³-hybridized carbons (Fsp3) is 0.292. The lowest BCUT2D eigenvalue weighted by molar-refractivity contribution is 0.0734. The Morgan fingerprint density at radius 3 is 2.80 bits per heavy atom. The van der Waals surface area contributed by atoms with Crippen molar-refractivity contribution >= 4 is 45.6 Å². The number of amides is 2. The molecule has 35 heavy (non-hydrogen) atoms. The quantitative estimate of drug-likeness (QED) is 0.385. The Balaban J connectivity index is 1.36. The molecule has 182 valence electrons. The van der Waals surface area contributed by atoms with Crippen LogP contribution in [0, 0.1) is 0 Å². The zero-order valence-corrected chi connectivity index (χ0v) is 20.7. The summed E-state index contributed by atoms with van der Waals surface area (Å²) < 4.78 is 16.1. The van der Waals surface area contributed by atoms with Crippen LogP contribution in [-0.4, -0.2) is 43.1 Å². The first kappa shape index (κ1) is 23.2. The first-order chi connectivity index (χ1) is 17.0. The van der Waals surface area contributed by atoms with Gasteiger partial charge in [0.15, 0.2) is 11.5 Å². The number of hydrogen-bond acceptors (Lipinski definition) is 9. The van der Waals surface area contributed by atoms with Crippen molar-refractivity contribution < 1.29 is 28.6 Å². The SMILES string of the molecule is CCOC(=O)N1CCc2c(sc3c2C(=O)NC(c2ccc(OC(=O)c4cccs4)c(OC)c2)N3)C1. The molecular weight excluding hydrogens is 490 g/mol. The standard InChI is InChI=1S/C24H23N3O6S2/c1-3-32-24(30)27-9-8-14-18(12-27)35-22-19(14)21(28)25-20(26-22)13-6-7-15(16(11-13)31-2)33-23(29)17-5-4-10-34-17/h4-7,10-11,20,26H,3,8-9,12H2,1-2H3,(H,25,28). The summed E-state index contributed by atoms with van der Waals surface area (Å²) in [5.41, 5.74) is 2.36. The lowest BCUT2D eigenvalue weighted by Crippen LogP contribution is -2.39. The Labute approximate surface area is 209 Å². The number of hydrogen-bond donors (Lipinski definition) is 2. The van der Waals surface area contributed by atoms with E-state index in [-0.39, 0.29) is 12.0 Å². The number of carbonyl (C=O) groups is 3. The number of anilines is 1. The van der Waals surface area contributed by atoms with E-state index in [0.29, 0.717) is 48.1 Å². The zero-order chi connectivity index (χ0) is 24.5. The monoisotopic (exact) mass is 513 g/mol. The summed E-state index contributed by atoms with van der Waals surface area (Å²) in [6.07, 6.45) is -0.239. The molecule has 1 unspecified atom stereocenters. The van der Waals surface area contributed by atoms with Crippen LogP contribution in [0.25, 0.3) is 0 Å². The average molecular weight is 514 g/mol. The topological polar surface area (TPSA) is 106 Å². The molecule has 0 saturated heterocycles. The minimum Gasteiger partial charge on any atom is -0.493 e. The number of benzene rings is 1. The molecule has 9 nitrogen and oxygen atoms in total. The second kappa shape index (κ2) is 9.59. The van der Waals surface area contributed by atoms with Gasteiger partial charge >= 0.3 is 12.1 Å². The van der Waals surface area contributed by atoms with Crippen LogP contribution in [0.5, 0.6) is 11.5 Å². The largest absolute Gasteiger partial charge is 0.493 e. The van der Waals surface area contributed by atoms with Crippen LogP contribution in [0.2, 0.25) is 0 Å². The van der Waals surface area contributed by atoms with E-state index in [1.54, 1.807) is 47.5 Å². The van der Waals surface area contributed by atoms with Gasteiger partial charge in [0.05, 0.1) is 25.8 Å². The third-order valence-corrected chi connectivity index (χ3v) is 7.80. The summed E-state index contributed by atoms with van der Waals surface area (Å²) in [5, 5.41) is 8.97. The Kier molecular flexibility index (Phi) is 6.35. The third-order valence-electron chi connectivity index (χ3n) is 5.81. The van der Waals surface area contributed by atoms with Crippen LogP contribution >= 0.6 is 22.7 Å². The molecule has 2 amide bonds. The molecular formula is C24H23N3O6S2. The summed E-state index contributed by atoms with van der Waals surface area (Å²) in [6, 6.07) is 8.64. The van der Waals surface area contributed by atoms with E-state index in [1.807, 2.05) is 0 Å². The lowest BCUT2D eigenvalue weighted by atomic mass is 10.0. The van der Waals surface area contributed by atoms with E-state index in [4.69, 9.17) is 14.2 Å². The number of carbonyl (C=O) groups excluding carboxylic acids is 3. The molecule has 2 N–H and O–H groups in total. The van der Waals surface area contributed by atoms with E-state index in [1.165, 1.54) is 29.8 Å². The molecule has 4 heterocycles. The maximum Gasteiger partial charge on any atom is 0.410 e. The second-order valence-electron chi connectivity index (χ2n) is 7.91. The molecule has 0 saturated carbocycles. The van der Waals surface area contributed by atoms with E-state index < -0.39 is 12.1 Å². The third kappa shape index (κ3) is 4.44. The molecule has 0 bridgehead atoms. The number of thiophene rings is 2. The van der Waals surface area contributed by atoms with Gasteiger partial charge in [-0.3, -0.25) is 4.79 Å². The Morgan fingerprint density at radius 2 is 2.06 bits per heavy atom. The van der Waals surface area contributed by atoms with Crippen molar-refractivity contribution in [2.45, 2.75) is 26.1 Å². The molecule has 2 aromatic heterocycles. The van der Waals surface area contributed by atoms with Crippen molar-refractivity contribution in [3.05, 3.63) is 62.2 Å². The van der Waals surface area contributed by atoms with Crippen LogP contribution in [0.1, 0.15) is 49.1 Å². The van der Waals surface area contributed by atoms with Gasteiger partial charge in [-0.1, -0.05) is 12.1 Å². The molecule has 0 aliphatic carbocycles. The Bertz CT molecular complexity index is 1290. The number of nitrogens with zero attached hydrogens (tertiary/aromatic N) is 1. The maximum atomic E-state index is 13.1. The highest BCUT2D eigenvalue weighted by molar-refractivity contribution is 7.16. The van der Waals surface area contributed by atoms with Crippen molar-refractivity contribution in [3.8, 4) is 11.5 Å². The van der Waals surface area contributed by atoms with Gasteiger partial charge in [0, 0.05) is 11.4 Å². The Morgan fingerprint density at radius 1 is 1.20 bits per heavy atom. The van der Waals surface area contributed by atoms with Gasteiger partial charge in [-0.25, -0.2) is 9.59 Å². The van der Waals surface area contributed by atoms with Crippen molar-refractivity contribution in [1.29, 1.82) is 0 Å².